The van der Waals surface area contributed by atoms with Crippen LogP contribution in [0.4, 0.5) is 0 Å². The van der Waals surface area contributed by atoms with E-state index < -0.39 is 6.10 Å². The molecule has 0 bridgehead atoms. The number of methoxy groups -OCH3 is 1. The molecule has 1 aliphatic rings. The van der Waals surface area contributed by atoms with Crippen molar-refractivity contribution in [1.82, 2.24) is 5.32 Å². The van der Waals surface area contributed by atoms with Crippen molar-refractivity contribution >= 4 is 5.91 Å². The zero-order chi connectivity index (χ0) is 11.3. The van der Waals surface area contributed by atoms with E-state index in [1.807, 2.05) is 0 Å². The molecule has 0 heterocycles. The van der Waals surface area contributed by atoms with Gasteiger partial charge in [-0.3, -0.25) is 4.79 Å². The van der Waals surface area contributed by atoms with Gasteiger partial charge in [-0.25, -0.2) is 0 Å². The standard InChI is InChI=1S/C10H20N2O3/c1-15-9(5-11)10(14)12-6-7-3-2-4-8(7)13/h7-9,13H,2-6,11H2,1H3,(H,12,14). The molecule has 0 aromatic carbocycles. The van der Waals surface area contributed by atoms with E-state index in [1.165, 1.54) is 7.11 Å². The maximum atomic E-state index is 11.5. The number of rotatable bonds is 5. The second kappa shape index (κ2) is 6.05. The lowest BCUT2D eigenvalue weighted by Gasteiger charge is -2.17. The molecule has 0 aromatic rings. The fourth-order valence-corrected chi connectivity index (χ4v) is 1.91. The number of ether oxygens (including phenoxy) is 1. The van der Waals surface area contributed by atoms with Crippen molar-refractivity contribution in [2.75, 3.05) is 20.2 Å². The lowest BCUT2D eigenvalue weighted by molar-refractivity contribution is -0.130. The molecule has 1 saturated carbocycles. The summed E-state index contributed by atoms with van der Waals surface area (Å²) in [5.74, 6) is -0.0108. The van der Waals surface area contributed by atoms with Crippen LogP contribution in [0.3, 0.4) is 0 Å². The summed E-state index contributed by atoms with van der Waals surface area (Å²) in [5, 5.41) is 12.3. The van der Waals surface area contributed by atoms with Gasteiger partial charge < -0.3 is 20.9 Å². The van der Waals surface area contributed by atoms with Gasteiger partial charge in [0.05, 0.1) is 6.10 Å². The highest BCUT2D eigenvalue weighted by Gasteiger charge is 2.26. The van der Waals surface area contributed by atoms with Crippen LogP contribution in [0.1, 0.15) is 19.3 Å². The van der Waals surface area contributed by atoms with Crippen LogP contribution >= 0.6 is 0 Å². The van der Waals surface area contributed by atoms with Crippen molar-refractivity contribution in [2.45, 2.75) is 31.5 Å². The number of aliphatic hydroxyl groups is 1. The molecule has 0 spiro atoms. The van der Waals surface area contributed by atoms with Gasteiger partial charge in [-0.2, -0.15) is 0 Å². The predicted octanol–water partition coefficient (Wildman–Crippen LogP) is -0.763. The minimum absolute atomic E-state index is 0.176. The maximum absolute atomic E-state index is 11.5. The Morgan fingerprint density at radius 1 is 1.67 bits per heavy atom. The molecule has 88 valence electrons. The monoisotopic (exact) mass is 216 g/mol. The quantitative estimate of drug-likeness (QED) is 0.564. The van der Waals surface area contributed by atoms with Crippen LogP contribution < -0.4 is 11.1 Å². The van der Waals surface area contributed by atoms with Crippen molar-refractivity contribution in [3.05, 3.63) is 0 Å². The Bertz CT molecular complexity index is 207. The second-order valence-electron chi connectivity index (χ2n) is 3.96. The highest BCUT2D eigenvalue weighted by atomic mass is 16.5. The third kappa shape index (κ3) is 3.44. The molecule has 0 saturated heterocycles. The molecule has 4 N–H and O–H groups in total. The second-order valence-corrected chi connectivity index (χ2v) is 3.96. The minimum atomic E-state index is -0.580. The van der Waals surface area contributed by atoms with Gasteiger partial charge in [-0.05, 0) is 12.8 Å². The molecule has 1 rings (SSSR count). The molecular weight excluding hydrogens is 196 g/mol. The number of hydrogen-bond acceptors (Lipinski definition) is 4. The average Bonchev–Trinajstić information content (AvgIpc) is 2.63. The van der Waals surface area contributed by atoms with Gasteiger partial charge in [-0.15, -0.1) is 0 Å². The zero-order valence-corrected chi connectivity index (χ0v) is 9.11. The van der Waals surface area contributed by atoms with Crippen LogP contribution in [0.15, 0.2) is 0 Å². The molecule has 5 heteroatoms. The summed E-state index contributed by atoms with van der Waals surface area (Å²) < 4.78 is 4.90. The van der Waals surface area contributed by atoms with Gasteiger partial charge in [0.1, 0.15) is 6.10 Å². The van der Waals surface area contributed by atoms with Crippen molar-refractivity contribution < 1.29 is 14.6 Å². The normalized spacial score (nSPS) is 27.7. The molecule has 0 radical (unpaired) electrons. The zero-order valence-electron chi connectivity index (χ0n) is 9.11. The summed E-state index contributed by atoms with van der Waals surface area (Å²) in [7, 11) is 1.46. The third-order valence-corrected chi connectivity index (χ3v) is 2.95. The SMILES string of the molecule is COC(CN)C(=O)NCC1CCCC1O. The molecule has 3 atom stereocenters. The number of aliphatic hydroxyl groups excluding tert-OH is 1. The fourth-order valence-electron chi connectivity index (χ4n) is 1.91. The highest BCUT2D eigenvalue weighted by molar-refractivity contribution is 5.80. The van der Waals surface area contributed by atoms with Crippen molar-refractivity contribution in [3.8, 4) is 0 Å². The van der Waals surface area contributed by atoms with Crippen LogP contribution in [-0.4, -0.2) is 43.4 Å². The highest BCUT2D eigenvalue weighted by Crippen LogP contribution is 2.24. The molecule has 1 aliphatic carbocycles. The summed E-state index contributed by atoms with van der Waals surface area (Å²) in [4.78, 5) is 11.5. The largest absolute Gasteiger partial charge is 0.393 e. The Labute approximate surface area is 90.0 Å². The van der Waals surface area contributed by atoms with Crippen molar-refractivity contribution in [1.29, 1.82) is 0 Å². The maximum Gasteiger partial charge on any atom is 0.250 e. The van der Waals surface area contributed by atoms with E-state index >= 15 is 0 Å². The minimum Gasteiger partial charge on any atom is -0.393 e. The lowest BCUT2D eigenvalue weighted by atomic mass is 10.1. The van der Waals surface area contributed by atoms with E-state index in [1.54, 1.807) is 0 Å². The smallest absolute Gasteiger partial charge is 0.250 e. The first-order chi connectivity index (χ1) is 7.19. The van der Waals surface area contributed by atoms with E-state index in [0.29, 0.717) is 6.54 Å². The molecule has 0 aromatic heterocycles. The van der Waals surface area contributed by atoms with E-state index in [2.05, 4.69) is 5.32 Å². The topological polar surface area (TPSA) is 84.6 Å². The van der Waals surface area contributed by atoms with Crippen LogP contribution in [-0.2, 0) is 9.53 Å². The molecular formula is C10H20N2O3. The molecule has 15 heavy (non-hydrogen) atoms. The van der Waals surface area contributed by atoms with Crippen LogP contribution in [0, 0.1) is 5.92 Å². The van der Waals surface area contributed by atoms with Gasteiger partial charge >= 0.3 is 0 Å². The molecule has 3 unspecified atom stereocenters. The third-order valence-electron chi connectivity index (χ3n) is 2.95. The number of carbonyl (C=O) groups excluding carboxylic acids is 1. The van der Waals surface area contributed by atoms with Gasteiger partial charge in [0.2, 0.25) is 5.91 Å². The van der Waals surface area contributed by atoms with E-state index in [0.717, 1.165) is 19.3 Å². The lowest BCUT2D eigenvalue weighted by Crippen LogP contribution is -2.43. The molecule has 1 amide bonds. The first kappa shape index (κ1) is 12.4. The van der Waals surface area contributed by atoms with Crippen LogP contribution in [0.2, 0.25) is 0 Å². The Morgan fingerprint density at radius 2 is 2.40 bits per heavy atom. The van der Waals surface area contributed by atoms with Crippen LogP contribution in [0.5, 0.6) is 0 Å². The average molecular weight is 216 g/mol. The predicted molar refractivity (Wildman–Crippen MR) is 56.2 cm³/mol. The Hall–Kier alpha value is -0.650. The number of amides is 1. The number of carbonyl (C=O) groups is 1. The summed E-state index contributed by atoms with van der Waals surface area (Å²) in [6, 6.07) is 0. The van der Waals surface area contributed by atoms with Gasteiger partial charge in [-0.1, -0.05) is 6.42 Å². The fraction of sp³-hybridized carbons (Fsp3) is 0.900. The van der Waals surface area contributed by atoms with E-state index in [4.69, 9.17) is 10.5 Å². The van der Waals surface area contributed by atoms with Gasteiger partial charge in [0.25, 0.3) is 0 Å². The first-order valence-electron chi connectivity index (χ1n) is 5.37. The Kier molecular flexibility index (Phi) is 5.01. The van der Waals surface area contributed by atoms with Gasteiger partial charge in [0.15, 0.2) is 0 Å². The van der Waals surface area contributed by atoms with Crippen LogP contribution in [0.25, 0.3) is 0 Å². The van der Waals surface area contributed by atoms with Gasteiger partial charge in [0, 0.05) is 26.1 Å². The first-order valence-corrected chi connectivity index (χ1v) is 5.37. The van der Waals surface area contributed by atoms with Crippen molar-refractivity contribution in [2.24, 2.45) is 11.7 Å². The summed E-state index contributed by atoms with van der Waals surface area (Å²) in [6.07, 6.45) is 1.99. The Morgan fingerprint density at radius 3 is 2.87 bits per heavy atom. The molecule has 5 nitrogen and oxygen atoms in total. The number of nitrogens with two attached hydrogens (primary N) is 1. The number of hydrogen-bond donors (Lipinski definition) is 3. The summed E-state index contributed by atoms with van der Waals surface area (Å²) >= 11 is 0. The summed E-state index contributed by atoms with van der Waals surface area (Å²) in [6.45, 7) is 0.690. The van der Waals surface area contributed by atoms with E-state index in [-0.39, 0.29) is 24.5 Å². The van der Waals surface area contributed by atoms with E-state index in [9.17, 15) is 9.90 Å². The summed E-state index contributed by atoms with van der Waals surface area (Å²) in [5.41, 5.74) is 5.36. The molecule has 0 aliphatic heterocycles. The Balaban J connectivity index is 2.26. The number of nitrogens with one attached hydrogen (secondary N) is 1. The van der Waals surface area contributed by atoms with Crippen molar-refractivity contribution in [3.63, 3.8) is 0 Å². The molecule has 1 fully saturated rings.